The third-order valence-electron chi connectivity index (χ3n) is 4.64. The number of ether oxygens (including phenoxy) is 3. The average molecular weight is 436 g/mol. The van der Waals surface area contributed by atoms with Gasteiger partial charge in [-0.2, -0.15) is 0 Å². The van der Waals surface area contributed by atoms with Crippen molar-refractivity contribution in [3.63, 3.8) is 0 Å². The Labute approximate surface area is 153 Å². The molecule has 0 saturated carbocycles. The van der Waals surface area contributed by atoms with E-state index in [1.807, 2.05) is 0 Å². The van der Waals surface area contributed by atoms with Gasteiger partial charge in [0.2, 0.25) is 0 Å². The number of hydrogen-bond acceptors (Lipinski definition) is 4. The quantitative estimate of drug-likeness (QED) is 0.439. The molecular weight excluding hydrogens is 407 g/mol. The van der Waals surface area contributed by atoms with Gasteiger partial charge in [0, 0.05) is 6.42 Å². The fourth-order valence-electron chi connectivity index (χ4n) is 3.14. The van der Waals surface area contributed by atoms with Crippen molar-refractivity contribution in [1.29, 1.82) is 0 Å². The highest BCUT2D eigenvalue weighted by atomic mass is 127. The molecule has 0 radical (unpaired) electrons. The van der Waals surface area contributed by atoms with Crippen LogP contribution in [0.2, 0.25) is 0 Å². The van der Waals surface area contributed by atoms with Crippen molar-refractivity contribution in [2.75, 3.05) is 13.2 Å². The monoisotopic (exact) mass is 436 g/mol. The maximum Gasteiger partial charge on any atom is 0.157 e. The Balaban J connectivity index is 1.65. The third kappa shape index (κ3) is 6.46. The minimum absolute atomic E-state index is 0.0596. The summed E-state index contributed by atoms with van der Waals surface area (Å²) in [5.41, 5.74) is 1.15. The lowest BCUT2D eigenvalue weighted by atomic mass is 9.97. The van der Waals surface area contributed by atoms with Gasteiger partial charge >= 0.3 is 0 Å². The van der Waals surface area contributed by atoms with Gasteiger partial charge in [-0.05, 0) is 69.8 Å². The van der Waals surface area contributed by atoms with E-state index in [-0.39, 0.29) is 24.6 Å². The molecule has 23 heavy (non-hydrogen) atoms. The van der Waals surface area contributed by atoms with Crippen LogP contribution < -0.4 is 0 Å². The van der Waals surface area contributed by atoms with E-state index in [2.05, 4.69) is 42.7 Å². The third-order valence-corrected chi connectivity index (χ3v) is 5.70. The molecule has 0 amide bonds. The molecule has 0 spiro atoms. The number of allylic oxidation sites excluding steroid dienone is 1. The Morgan fingerprint density at radius 2 is 2.00 bits per heavy atom. The molecule has 2 aliphatic rings. The highest BCUT2D eigenvalue weighted by Crippen LogP contribution is 2.32. The molecule has 2 heterocycles. The summed E-state index contributed by atoms with van der Waals surface area (Å²) in [6, 6.07) is 0. The van der Waals surface area contributed by atoms with Crippen molar-refractivity contribution in [3.8, 4) is 0 Å². The zero-order valence-corrected chi connectivity index (χ0v) is 16.2. The number of hydrogen-bond donors (Lipinski definition) is 1. The Kier molecular flexibility index (Phi) is 8.01. The maximum atomic E-state index is 10.2. The standard InChI is InChI=1S/C18H29IO4/c1-12(14(3)19)10-15(20)4-6-17-13(2)11-16(23-17)5-7-18-21-8-9-22-18/h12,15-18,20H,2-11H2,1H3/t12-,15-,16+,17+/m1/s1. The first kappa shape index (κ1) is 19.4. The molecule has 2 fully saturated rings. The second-order valence-corrected chi connectivity index (χ2v) is 8.06. The normalized spacial score (nSPS) is 28.2. The summed E-state index contributed by atoms with van der Waals surface area (Å²) in [6.45, 7) is 11.6. The zero-order chi connectivity index (χ0) is 16.8. The topological polar surface area (TPSA) is 47.9 Å². The molecule has 0 aromatic carbocycles. The fourth-order valence-corrected chi connectivity index (χ4v) is 3.39. The van der Waals surface area contributed by atoms with Gasteiger partial charge in [0.15, 0.2) is 6.29 Å². The molecule has 132 valence electrons. The molecule has 2 rings (SSSR count). The summed E-state index contributed by atoms with van der Waals surface area (Å²) in [6.07, 6.45) is 5.02. The summed E-state index contributed by atoms with van der Waals surface area (Å²) >= 11 is 2.23. The zero-order valence-electron chi connectivity index (χ0n) is 14.0. The van der Waals surface area contributed by atoms with Crippen LogP contribution in [0.15, 0.2) is 22.3 Å². The van der Waals surface area contributed by atoms with Gasteiger partial charge in [-0.3, -0.25) is 0 Å². The van der Waals surface area contributed by atoms with Gasteiger partial charge in [-0.1, -0.05) is 20.1 Å². The molecule has 2 saturated heterocycles. The van der Waals surface area contributed by atoms with Gasteiger partial charge in [0.1, 0.15) is 0 Å². The summed E-state index contributed by atoms with van der Waals surface area (Å²) in [5, 5.41) is 10.2. The van der Waals surface area contributed by atoms with E-state index in [9.17, 15) is 5.11 Å². The molecule has 0 aliphatic carbocycles. The highest BCUT2D eigenvalue weighted by Gasteiger charge is 2.30. The number of rotatable bonds is 9. The first-order valence-corrected chi connectivity index (χ1v) is 9.62. The maximum absolute atomic E-state index is 10.2. The van der Waals surface area contributed by atoms with E-state index in [0.717, 1.165) is 47.7 Å². The number of halogens is 1. The van der Waals surface area contributed by atoms with E-state index in [0.29, 0.717) is 19.1 Å². The Morgan fingerprint density at radius 1 is 1.30 bits per heavy atom. The van der Waals surface area contributed by atoms with E-state index < -0.39 is 0 Å². The van der Waals surface area contributed by atoms with Gasteiger partial charge in [0.05, 0.1) is 31.5 Å². The van der Waals surface area contributed by atoms with Crippen molar-refractivity contribution in [2.24, 2.45) is 5.92 Å². The van der Waals surface area contributed by atoms with Crippen LogP contribution in [-0.2, 0) is 14.2 Å². The van der Waals surface area contributed by atoms with Crippen molar-refractivity contribution in [1.82, 2.24) is 0 Å². The molecule has 2 aliphatic heterocycles. The summed E-state index contributed by atoms with van der Waals surface area (Å²) in [5.74, 6) is 0.345. The van der Waals surface area contributed by atoms with Crippen LogP contribution in [0, 0.1) is 5.92 Å². The first-order chi connectivity index (χ1) is 11.0. The fraction of sp³-hybridized carbons (Fsp3) is 0.778. The minimum Gasteiger partial charge on any atom is -0.393 e. The summed E-state index contributed by atoms with van der Waals surface area (Å²) < 4.78 is 18.1. The minimum atomic E-state index is -0.299. The molecule has 4 atom stereocenters. The molecule has 0 unspecified atom stereocenters. The average Bonchev–Trinajstić information content (AvgIpc) is 3.12. The van der Waals surface area contributed by atoms with Crippen molar-refractivity contribution >= 4 is 22.6 Å². The molecule has 4 nitrogen and oxygen atoms in total. The lowest BCUT2D eigenvalue weighted by Gasteiger charge is -2.19. The van der Waals surface area contributed by atoms with Crippen molar-refractivity contribution < 1.29 is 19.3 Å². The molecule has 0 aromatic heterocycles. The molecular formula is C18H29IO4. The summed E-state index contributed by atoms with van der Waals surface area (Å²) in [4.78, 5) is 0. The van der Waals surface area contributed by atoms with E-state index in [1.165, 1.54) is 0 Å². The van der Waals surface area contributed by atoms with Crippen molar-refractivity contribution in [2.45, 2.75) is 70.1 Å². The SMILES string of the molecule is C=C(I)[C@H](C)C[C@H](O)CC[C@@H]1O[C@@H](CCC2OCCO2)CC1=C. The Bertz CT molecular complexity index is 406. The smallest absolute Gasteiger partial charge is 0.157 e. The van der Waals surface area contributed by atoms with Crippen LogP contribution >= 0.6 is 22.6 Å². The van der Waals surface area contributed by atoms with Gasteiger partial charge in [0.25, 0.3) is 0 Å². The van der Waals surface area contributed by atoms with E-state index in [4.69, 9.17) is 14.2 Å². The predicted octanol–water partition coefficient (Wildman–Crippen LogP) is 3.97. The van der Waals surface area contributed by atoms with Crippen LogP contribution in [0.3, 0.4) is 0 Å². The predicted molar refractivity (Wildman–Crippen MR) is 99.5 cm³/mol. The molecule has 0 aromatic rings. The second-order valence-electron chi connectivity index (χ2n) is 6.67. The lowest BCUT2D eigenvalue weighted by Crippen LogP contribution is -2.18. The summed E-state index contributed by atoms with van der Waals surface area (Å²) in [7, 11) is 0. The van der Waals surface area contributed by atoms with Crippen LogP contribution in [-0.4, -0.2) is 42.9 Å². The highest BCUT2D eigenvalue weighted by molar-refractivity contribution is 14.1. The van der Waals surface area contributed by atoms with E-state index >= 15 is 0 Å². The molecule has 5 heteroatoms. The van der Waals surface area contributed by atoms with Crippen LogP contribution in [0.4, 0.5) is 0 Å². The van der Waals surface area contributed by atoms with Crippen LogP contribution in [0.1, 0.15) is 45.4 Å². The molecule has 1 N–H and O–H groups in total. The van der Waals surface area contributed by atoms with Gasteiger partial charge < -0.3 is 19.3 Å². The van der Waals surface area contributed by atoms with Crippen LogP contribution in [0.25, 0.3) is 0 Å². The lowest BCUT2D eigenvalue weighted by molar-refractivity contribution is -0.0589. The van der Waals surface area contributed by atoms with Crippen LogP contribution in [0.5, 0.6) is 0 Å². The van der Waals surface area contributed by atoms with Gasteiger partial charge in [-0.25, -0.2) is 0 Å². The van der Waals surface area contributed by atoms with E-state index in [1.54, 1.807) is 0 Å². The number of aliphatic hydroxyl groups is 1. The van der Waals surface area contributed by atoms with Gasteiger partial charge in [-0.15, -0.1) is 0 Å². The second kappa shape index (κ2) is 9.51. The largest absolute Gasteiger partial charge is 0.393 e. The van der Waals surface area contributed by atoms with Crippen molar-refractivity contribution in [3.05, 3.63) is 22.3 Å². The first-order valence-electron chi connectivity index (χ1n) is 8.54. The molecule has 0 bridgehead atoms. The number of aliphatic hydroxyl groups excluding tert-OH is 1. The Hall–Kier alpha value is 0.0500. The Morgan fingerprint density at radius 3 is 2.65 bits per heavy atom.